The maximum atomic E-state index is 13.4. The molecule has 0 radical (unpaired) electrons. The Balaban J connectivity index is 1.76. The number of hydrogen-bond donors (Lipinski definition) is 1. The normalized spacial score (nSPS) is 20.2. The Bertz CT molecular complexity index is 1160. The first kappa shape index (κ1) is 18.5. The van der Waals surface area contributed by atoms with Crippen LogP contribution in [0.3, 0.4) is 0 Å². The number of carbonyl (C=O) groups is 1. The minimum atomic E-state index is -0.0167. The Morgan fingerprint density at radius 2 is 1.72 bits per heavy atom. The van der Waals surface area contributed by atoms with Crippen LogP contribution in [0.4, 0.5) is 5.69 Å². The van der Waals surface area contributed by atoms with E-state index in [0.29, 0.717) is 6.42 Å². The lowest BCUT2D eigenvalue weighted by molar-refractivity contribution is -0.116. The summed E-state index contributed by atoms with van der Waals surface area (Å²) in [4.78, 5) is 14.7. The van der Waals surface area contributed by atoms with E-state index in [-0.39, 0.29) is 17.2 Å². The zero-order valence-electron chi connectivity index (χ0n) is 17.1. The van der Waals surface area contributed by atoms with Crippen LogP contribution in [0.25, 0.3) is 16.3 Å². The van der Waals surface area contributed by atoms with Gasteiger partial charge in [-0.15, -0.1) is 11.8 Å². The molecule has 1 aliphatic heterocycles. The molecule has 3 aromatic carbocycles. The molecule has 0 unspecified atom stereocenters. The summed E-state index contributed by atoms with van der Waals surface area (Å²) in [5, 5.41) is 6.13. The number of fused-ring (bicyclic) bond motifs is 4. The topological polar surface area (TPSA) is 29.1 Å². The third-order valence-electron chi connectivity index (χ3n) is 6.18. The number of benzene rings is 3. The van der Waals surface area contributed by atoms with Gasteiger partial charge in [-0.25, -0.2) is 0 Å². The van der Waals surface area contributed by atoms with Gasteiger partial charge in [-0.05, 0) is 58.2 Å². The van der Waals surface area contributed by atoms with Crippen LogP contribution in [0.1, 0.15) is 43.9 Å². The van der Waals surface area contributed by atoms with Crippen molar-refractivity contribution in [2.75, 3.05) is 11.6 Å². The minimum Gasteiger partial charge on any atom is -0.374 e. The molecule has 2 nitrogen and oxygen atoms in total. The number of hydrogen-bond acceptors (Lipinski definition) is 3. The molecule has 0 aromatic heterocycles. The van der Waals surface area contributed by atoms with E-state index < -0.39 is 0 Å². The van der Waals surface area contributed by atoms with Gasteiger partial charge in [-0.1, -0.05) is 56.3 Å². The molecule has 5 rings (SSSR count). The Morgan fingerprint density at radius 3 is 2.48 bits per heavy atom. The van der Waals surface area contributed by atoms with Gasteiger partial charge in [0.05, 0.1) is 6.04 Å². The van der Waals surface area contributed by atoms with Gasteiger partial charge in [0.25, 0.3) is 0 Å². The minimum absolute atomic E-state index is 0.0167. The Morgan fingerprint density at radius 1 is 0.966 bits per heavy atom. The van der Waals surface area contributed by atoms with Crippen molar-refractivity contribution in [3.63, 3.8) is 0 Å². The second-order valence-corrected chi connectivity index (χ2v) is 9.78. The maximum absolute atomic E-state index is 13.4. The van der Waals surface area contributed by atoms with Gasteiger partial charge < -0.3 is 5.32 Å². The summed E-state index contributed by atoms with van der Waals surface area (Å²) in [6.07, 6.45) is 3.63. The number of rotatable bonds is 2. The highest BCUT2D eigenvalue weighted by Crippen LogP contribution is 2.51. The first-order chi connectivity index (χ1) is 14.0. The molecular formula is C26H25NOS. The van der Waals surface area contributed by atoms with E-state index in [9.17, 15) is 4.79 Å². The first-order valence-electron chi connectivity index (χ1n) is 10.2. The van der Waals surface area contributed by atoms with Crippen LogP contribution < -0.4 is 5.32 Å². The molecule has 0 fully saturated rings. The predicted octanol–water partition coefficient (Wildman–Crippen LogP) is 6.87. The standard InChI is InChI=1S/C26H25NOS/c1-26(2)14-20-24(22(28)15-26)23-19-7-5-4-6-16(19)10-13-21(23)27-25(20)17-8-11-18(29-3)12-9-17/h4-13,25,27H,14-15H2,1-3H3/t25-/m0/s1. The van der Waals surface area contributed by atoms with Crippen LogP contribution in [0.2, 0.25) is 0 Å². The summed E-state index contributed by atoms with van der Waals surface area (Å²) in [6.45, 7) is 4.42. The Hall–Kier alpha value is -2.52. The zero-order chi connectivity index (χ0) is 20.2. The van der Waals surface area contributed by atoms with Crippen LogP contribution in [0, 0.1) is 5.41 Å². The third kappa shape index (κ3) is 3.08. The quantitative estimate of drug-likeness (QED) is 0.477. The van der Waals surface area contributed by atoms with Crippen molar-refractivity contribution in [3.05, 3.63) is 77.4 Å². The fourth-order valence-corrected chi connectivity index (χ4v) is 5.31. The SMILES string of the molecule is CSc1ccc([C@@H]2Nc3ccc4ccccc4c3C3=C2CC(C)(C)CC3=O)cc1. The van der Waals surface area contributed by atoms with Crippen molar-refractivity contribution in [1.29, 1.82) is 0 Å². The number of nitrogens with one attached hydrogen (secondary N) is 1. The summed E-state index contributed by atoms with van der Waals surface area (Å²) in [5.41, 5.74) is 5.56. The zero-order valence-corrected chi connectivity index (χ0v) is 17.9. The average Bonchev–Trinajstić information content (AvgIpc) is 2.72. The van der Waals surface area contributed by atoms with Gasteiger partial charge in [-0.3, -0.25) is 4.79 Å². The van der Waals surface area contributed by atoms with Gasteiger partial charge in [0, 0.05) is 28.1 Å². The molecule has 3 heteroatoms. The van der Waals surface area contributed by atoms with E-state index in [1.807, 2.05) is 0 Å². The second kappa shape index (κ2) is 6.77. The molecular weight excluding hydrogens is 374 g/mol. The molecule has 1 atom stereocenters. The molecule has 146 valence electrons. The van der Waals surface area contributed by atoms with Crippen molar-refractivity contribution in [1.82, 2.24) is 0 Å². The smallest absolute Gasteiger partial charge is 0.164 e. The highest BCUT2D eigenvalue weighted by atomic mass is 32.2. The van der Waals surface area contributed by atoms with Crippen LogP contribution in [-0.4, -0.2) is 12.0 Å². The van der Waals surface area contributed by atoms with E-state index >= 15 is 0 Å². The molecule has 1 N–H and O–H groups in total. The molecule has 0 saturated carbocycles. The highest BCUT2D eigenvalue weighted by Gasteiger charge is 2.40. The molecule has 2 aliphatic rings. The van der Waals surface area contributed by atoms with Crippen molar-refractivity contribution in [3.8, 4) is 0 Å². The summed E-state index contributed by atoms with van der Waals surface area (Å²) in [6, 6.07) is 21.5. The number of allylic oxidation sites excluding steroid dienone is 1. The van der Waals surface area contributed by atoms with E-state index in [1.165, 1.54) is 21.4 Å². The van der Waals surface area contributed by atoms with E-state index in [1.54, 1.807) is 11.8 Å². The monoisotopic (exact) mass is 399 g/mol. The lowest BCUT2D eigenvalue weighted by Crippen LogP contribution is -2.32. The molecule has 1 aliphatic carbocycles. The van der Waals surface area contributed by atoms with Gasteiger partial charge >= 0.3 is 0 Å². The number of carbonyl (C=O) groups excluding carboxylic acids is 1. The summed E-state index contributed by atoms with van der Waals surface area (Å²) in [5.74, 6) is 0.279. The van der Waals surface area contributed by atoms with Gasteiger partial charge in [0.2, 0.25) is 0 Å². The number of anilines is 1. The number of ketones is 1. The lowest BCUT2D eigenvalue weighted by Gasteiger charge is -2.40. The van der Waals surface area contributed by atoms with Crippen LogP contribution >= 0.6 is 11.8 Å². The van der Waals surface area contributed by atoms with Crippen LogP contribution in [0.5, 0.6) is 0 Å². The number of thioether (sulfide) groups is 1. The largest absolute Gasteiger partial charge is 0.374 e. The fraction of sp³-hybridized carbons (Fsp3) is 0.269. The van der Waals surface area contributed by atoms with Gasteiger partial charge in [0.1, 0.15) is 0 Å². The Kier molecular flexibility index (Phi) is 4.32. The summed E-state index contributed by atoms with van der Waals surface area (Å²) in [7, 11) is 0. The van der Waals surface area contributed by atoms with Crippen LogP contribution in [0.15, 0.2) is 71.1 Å². The predicted molar refractivity (Wildman–Crippen MR) is 123 cm³/mol. The van der Waals surface area contributed by atoms with Crippen molar-refractivity contribution < 1.29 is 4.79 Å². The fourth-order valence-electron chi connectivity index (χ4n) is 4.90. The highest BCUT2D eigenvalue weighted by molar-refractivity contribution is 7.98. The summed E-state index contributed by atoms with van der Waals surface area (Å²) < 4.78 is 0. The van der Waals surface area contributed by atoms with Crippen molar-refractivity contribution in [2.24, 2.45) is 5.41 Å². The van der Waals surface area contributed by atoms with Gasteiger partial charge in [-0.2, -0.15) is 0 Å². The molecule has 0 amide bonds. The van der Waals surface area contributed by atoms with E-state index in [0.717, 1.165) is 28.6 Å². The molecule has 0 bridgehead atoms. The maximum Gasteiger partial charge on any atom is 0.164 e. The second-order valence-electron chi connectivity index (χ2n) is 8.90. The molecule has 0 saturated heterocycles. The first-order valence-corrected chi connectivity index (χ1v) is 11.4. The van der Waals surface area contributed by atoms with E-state index in [2.05, 4.69) is 86.1 Å². The lowest BCUT2D eigenvalue weighted by atomic mass is 9.68. The molecule has 29 heavy (non-hydrogen) atoms. The molecule has 1 heterocycles. The van der Waals surface area contributed by atoms with Gasteiger partial charge in [0.15, 0.2) is 5.78 Å². The molecule has 0 spiro atoms. The third-order valence-corrected chi connectivity index (χ3v) is 6.93. The van der Waals surface area contributed by atoms with Crippen molar-refractivity contribution in [2.45, 2.75) is 37.6 Å². The average molecular weight is 400 g/mol. The number of Topliss-reactive ketones (excluding diaryl/α,β-unsaturated/α-hetero) is 1. The molecule has 3 aromatic rings. The van der Waals surface area contributed by atoms with E-state index in [4.69, 9.17) is 0 Å². The summed E-state index contributed by atoms with van der Waals surface area (Å²) >= 11 is 1.75. The van der Waals surface area contributed by atoms with Crippen LogP contribution in [-0.2, 0) is 4.79 Å². The van der Waals surface area contributed by atoms with Crippen molar-refractivity contribution >= 4 is 39.6 Å². The Labute approximate surface area is 176 Å².